The first kappa shape index (κ1) is 16.3. The summed E-state index contributed by atoms with van der Waals surface area (Å²) in [6.45, 7) is 3.79. The molecule has 0 amide bonds. The van der Waals surface area contributed by atoms with Crippen molar-refractivity contribution in [2.24, 2.45) is 4.99 Å². The number of ether oxygens (including phenoxy) is 1. The monoisotopic (exact) mass is 316 g/mol. The van der Waals surface area contributed by atoms with E-state index in [1.54, 1.807) is 0 Å². The van der Waals surface area contributed by atoms with Crippen LogP contribution in [0.3, 0.4) is 0 Å². The number of hydrogen-bond acceptors (Lipinski definition) is 4. The summed E-state index contributed by atoms with van der Waals surface area (Å²) in [6.07, 6.45) is -5.10. The molecule has 1 aromatic rings. The fraction of sp³-hybridized carbons (Fsp3) is 0.500. The Morgan fingerprint density at radius 3 is 2.68 bits per heavy atom. The van der Waals surface area contributed by atoms with E-state index in [4.69, 9.17) is 4.74 Å². The van der Waals surface area contributed by atoms with Gasteiger partial charge in [-0.3, -0.25) is 10.1 Å². The number of non-ortho nitro benzene ring substituents is 1. The Morgan fingerprint density at radius 2 is 2.14 bits per heavy atom. The van der Waals surface area contributed by atoms with E-state index in [0.717, 1.165) is 25.1 Å². The Kier molecular flexibility index (Phi) is 4.12. The molecule has 0 radical (unpaired) electrons. The zero-order valence-corrected chi connectivity index (χ0v) is 12.2. The number of nitro groups is 1. The highest BCUT2D eigenvalue weighted by Gasteiger charge is 2.49. The van der Waals surface area contributed by atoms with Crippen LogP contribution in [0.2, 0.25) is 0 Å². The molecule has 0 aromatic heterocycles. The number of aliphatic imine (C=N–C) groups is 1. The van der Waals surface area contributed by atoms with Gasteiger partial charge in [0.05, 0.1) is 4.92 Å². The second-order valence-corrected chi connectivity index (χ2v) is 5.36. The van der Waals surface area contributed by atoms with Crippen molar-refractivity contribution >= 4 is 11.6 Å². The smallest absolute Gasteiger partial charge is 0.270 e. The van der Waals surface area contributed by atoms with Crippen molar-refractivity contribution in [1.82, 2.24) is 0 Å². The second-order valence-electron chi connectivity index (χ2n) is 5.36. The van der Waals surface area contributed by atoms with Gasteiger partial charge < -0.3 is 4.74 Å². The first-order chi connectivity index (χ1) is 10.2. The van der Waals surface area contributed by atoms with Crippen molar-refractivity contribution in [1.29, 1.82) is 0 Å². The van der Waals surface area contributed by atoms with Crippen LogP contribution in [-0.2, 0) is 10.3 Å². The van der Waals surface area contributed by atoms with Crippen LogP contribution in [0.1, 0.15) is 26.3 Å². The summed E-state index contributed by atoms with van der Waals surface area (Å²) in [5.74, 6) is -0.851. The van der Waals surface area contributed by atoms with Gasteiger partial charge in [-0.25, -0.2) is 18.2 Å². The van der Waals surface area contributed by atoms with E-state index in [1.807, 2.05) is 0 Å². The molecule has 4 atom stereocenters. The molecule has 1 aliphatic heterocycles. The SMILES string of the molecule is CC1=N[C@](C)(c2cc([N+](=O)[O-])ccc2F)[C@@H](F)[C@@H]([C@@H](C)F)O1. The highest BCUT2D eigenvalue weighted by Crippen LogP contribution is 2.40. The lowest BCUT2D eigenvalue weighted by Gasteiger charge is -2.39. The van der Waals surface area contributed by atoms with Crippen molar-refractivity contribution in [3.05, 3.63) is 39.7 Å². The molecule has 0 saturated carbocycles. The minimum Gasteiger partial charge on any atom is -0.472 e. The molecule has 8 heteroatoms. The molecular weight excluding hydrogens is 301 g/mol. The Hall–Kier alpha value is -2.12. The van der Waals surface area contributed by atoms with E-state index in [2.05, 4.69) is 4.99 Å². The summed E-state index contributed by atoms with van der Waals surface area (Å²) in [5.41, 5.74) is -2.50. The van der Waals surface area contributed by atoms with Gasteiger partial charge in [0.1, 0.15) is 17.5 Å². The minimum absolute atomic E-state index is 0.00296. The van der Waals surface area contributed by atoms with Gasteiger partial charge in [-0.15, -0.1) is 0 Å². The maximum Gasteiger partial charge on any atom is 0.270 e. The largest absolute Gasteiger partial charge is 0.472 e. The molecule has 0 N–H and O–H groups in total. The van der Waals surface area contributed by atoms with Crippen molar-refractivity contribution in [2.75, 3.05) is 0 Å². The fourth-order valence-corrected chi connectivity index (χ4v) is 2.54. The number of hydrogen-bond donors (Lipinski definition) is 0. The van der Waals surface area contributed by atoms with Crippen LogP contribution in [0.15, 0.2) is 23.2 Å². The standard InChI is InChI=1S/C14H15F3N2O3/c1-7(15)12-13(17)14(3,18-8(2)22-12)10-6-9(19(20)21)4-5-11(10)16/h4-7,12-13H,1-3H3/t7-,12-,13+,14-/m1/s1. The highest BCUT2D eigenvalue weighted by molar-refractivity contribution is 5.75. The first-order valence-corrected chi connectivity index (χ1v) is 6.62. The molecule has 0 bridgehead atoms. The first-order valence-electron chi connectivity index (χ1n) is 6.62. The maximum atomic E-state index is 14.7. The summed E-state index contributed by atoms with van der Waals surface area (Å²) in [5, 5.41) is 10.8. The summed E-state index contributed by atoms with van der Waals surface area (Å²) in [6, 6.07) is 2.77. The zero-order chi connectivity index (χ0) is 16.7. The van der Waals surface area contributed by atoms with Crippen LogP contribution in [0.5, 0.6) is 0 Å². The number of rotatable bonds is 3. The van der Waals surface area contributed by atoms with Crippen molar-refractivity contribution in [2.45, 2.75) is 44.8 Å². The van der Waals surface area contributed by atoms with E-state index in [9.17, 15) is 23.3 Å². The van der Waals surface area contributed by atoms with Crippen molar-refractivity contribution < 1.29 is 22.8 Å². The van der Waals surface area contributed by atoms with Crippen LogP contribution >= 0.6 is 0 Å². The lowest BCUT2D eigenvalue weighted by atomic mass is 9.82. The van der Waals surface area contributed by atoms with Gasteiger partial charge in [-0.1, -0.05) is 0 Å². The molecule has 120 valence electrons. The molecule has 1 heterocycles. The van der Waals surface area contributed by atoms with Gasteiger partial charge >= 0.3 is 0 Å². The Balaban J connectivity index is 2.60. The van der Waals surface area contributed by atoms with Gasteiger partial charge in [0.2, 0.25) is 0 Å². The van der Waals surface area contributed by atoms with E-state index < -0.39 is 40.4 Å². The van der Waals surface area contributed by atoms with Gasteiger partial charge in [0.15, 0.2) is 18.2 Å². The molecular formula is C14H15F3N2O3. The lowest BCUT2D eigenvalue weighted by Crippen LogP contribution is -2.50. The van der Waals surface area contributed by atoms with Crippen LogP contribution in [0.4, 0.5) is 18.9 Å². The molecule has 0 saturated heterocycles. The number of halogens is 3. The summed E-state index contributed by atoms with van der Waals surface area (Å²) < 4.78 is 47.4. The number of nitro benzene ring substituents is 1. The van der Waals surface area contributed by atoms with E-state index >= 15 is 0 Å². The fourth-order valence-electron chi connectivity index (χ4n) is 2.54. The lowest BCUT2D eigenvalue weighted by molar-refractivity contribution is -0.385. The van der Waals surface area contributed by atoms with Crippen molar-refractivity contribution in [3.63, 3.8) is 0 Å². The van der Waals surface area contributed by atoms with E-state index in [1.165, 1.54) is 13.8 Å². The van der Waals surface area contributed by atoms with Crippen LogP contribution in [0.25, 0.3) is 0 Å². The van der Waals surface area contributed by atoms with Crippen LogP contribution in [0, 0.1) is 15.9 Å². The normalized spacial score (nSPS) is 29.5. The average molecular weight is 316 g/mol. The van der Waals surface area contributed by atoms with E-state index in [0.29, 0.717) is 0 Å². The Morgan fingerprint density at radius 1 is 1.50 bits per heavy atom. The van der Waals surface area contributed by atoms with Crippen molar-refractivity contribution in [3.8, 4) is 0 Å². The maximum absolute atomic E-state index is 14.7. The summed E-state index contributed by atoms with van der Waals surface area (Å²) in [7, 11) is 0. The molecule has 5 nitrogen and oxygen atoms in total. The Bertz CT molecular complexity index is 636. The van der Waals surface area contributed by atoms with Gasteiger partial charge in [-0.2, -0.15) is 0 Å². The third-order valence-corrected chi connectivity index (χ3v) is 3.68. The van der Waals surface area contributed by atoms with Crippen LogP contribution < -0.4 is 0 Å². The quantitative estimate of drug-likeness (QED) is 0.633. The van der Waals surface area contributed by atoms with Crippen LogP contribution in [-0.4, -0.2) is 29.3 Å². The average Bonchev–Trinajstić information content (AvgIpc) is 2.42. The number of nitrogens with zero attached hydrogens (tertiary/aromatic N) is 2. The molecule has 0 unspecified atom stereocenters. The number of alkyl halides is 2. The third-order valence-electron chi connectivity index (χ3n) is 3.68. The van der Waals surface area contributed by atoms with Gasteiger partial charge in [0, 0.05) is 24.6 Å². The zero-order valence-electron chi connectivity index (χ0n) is 12.2. The van der Waals surface area contributed by atoms with Gasteiger partial charge in [0.25, 0.3) is 5.69 Å². The second kappa shape index (κ2) is 5.58. The molecule has 1 aliphatic rings. The molecule has 0 fully saturated rings. The minimum atomic E-state index is -1.99. The summed E-state index contributed by atoms with van der Waals surface area (Å²) >= 11 is 0. The topological polar surface area (TPSA) is 64.7 Å². The Labute approximate surface area is 125 Å². The highest BCUT2D eigenvalue weighted by atomic mass is 19.1. The molecule has 2 rings (SSSR count). The van der Waals surface area contributed by atoms with E-state index in [-0.39, 0.29) is 11.5 Å². The predicted molar refractivity (Wildman–Crippen MR) is 73.9 cm³/mol. The van der Waals surface area contributed by atoms with Gasteiger partial charge in [-0.05, 0) is 19.9 Å². The predicted octanol–water partition coefficient (Wildman–Crippen LogP) is 3.46. The molecule has 1 aromatic carbocycles. The molecule has 0 spiro atoms. The third kappa shape index (κ3) is 2.65. The molecule has 0 aliphatic carbocycles. The summed E-state index contributed by atoms with van der Waals surface area (Å²) in [4.78, 5) is 14.1. The molecule has 22 heavy (non-hydrogen) atoms. The number of benzene rings is 1.